The van der Waals surface area contributed by atoms with Crippen molar-refractivity contribution in [3.8, 4) is 0 Å². The minimum Gasteiger partial charge on any atom is -0.369 e. The van der Waals surface area contributed by atoms with Gasteiger partial charge in [-0.15, -0.1) is 12.4 Å². The molecule has 0 bridgehead atoms. The molecule has 0 radical (unpaired) electrons. The third-order valence-corrected chi connectivity index (χ3v) is 3.64. The van der Waals surface area contributed by atoms with Crippen molar-refractivity contribution in [3.63, 3.8) is 0 Å². The predicted molar refractivity (Wildman–Crippen MR) is 87.7 cm³/mol. The summed E-state index contributed by atoms with van der Waals surface area (Å²) in [4.78, 5) is 22.0. The van der Waals surface area contributed by atoms with Crippen molar-refractivity contribution in [2.24, 2.45) is 21.6 Å². The van der Waals surface area contributed by atoms with Crippen molar-refractivity contribution in [2.45, 2.75) is 52.0 Å². The normalized spacial score (nSPS) is 23.5. The lowest BCUT2D eigenvalue weighted by Crippen LogP contribution is -2.45. The van der Waals surface area contributed by atoms with E-state index in [1.807, 2.05) is 0 Å². The van der Waals surface area contributed by atoms with Crippen molar-refractivity contribution in [1.82, 2.24) is 10.2 Å². The fourth-order valence-electron chi connectivity index (χ4n) is 2.71. The van der Waals surface area contributed by atoms with E-state index in [9.17, 15) is 4.79 Å². The van der Waals surface area contributed by atoms with E-state index in [4.69, 9.17) is 5.73 Å². The monoisotopic (exact) mass is 315 g/mol. The van der Waals surface area contributed by atoms with Gasteiger partial charge in [-0.3, -0.25) is 4.79 Å². The molecule has 1 saturated heterocycles. The number of piperidine rings is 1. The first-order valence-corrected chi connectivity index (χ1v) is 7.51. The number of hydrogen-bond acceptors (Lipinski definition) is 3. The fraction of sp³-hybridized carbons (Fsp3) is 0.786. The number of nitrogens with one attached hydrogen (secondary N) is 1. The molecular weight excluding hydrogens is 290 g/mol. The molecule has 2 aliphatic rings. The second-order valence-corrected chi connectivity index (χ2v) is 6.02. The van der Waals surface area contributed by atoms with Gasteiger partial charge in [-0.2, -0.15) is 9.98 Å². The van der Waals surface area contributed by atoms with Crippen LogP contribution in [0, 0.1) is 5.92 Å². The summed E-state index contributed by atoms with van der Waals surface area (Å²) in [7, 11) is 0. The van der Waals surface area contributed by atoms with E-state index < -0.39 is 0 Å². The average molecular weight is 316 g/mol. The Labute approximate surface area is 132 Å². The largest absolute Gasteiger partial charge is 0.369 e. The summed E-state index contributed by atoms with van der Waals surface area (Å²) in [5.74, 6) is 1.26. The molecule has 0 aromatic rings. The lowest BCUT2D eigenvalue weighted by atomic mass is 10.0. The maximum Gasteiger partial charge on any atom is 0.251 e. The number of carbonyl (C=O) groups excluding carboxylic acids is 1. The summed E-state index contributed by atoms with van der Waals surface area (Å²) in [5.41, 5.74) is 6.02. The minimum atomic E-state index is -0.111. The van der Waals surface area contributed by atoms with Crippen molar-refractivity contribution in [3.05, 3.63) is 0 Å². The number of nitrogens with two attached hydrogens (primary N) is 1. The van der Waals surface area contributed by atoms with Gasteiger partial charge in [-0.05, 0) is 31.6 Å². The third kappa shape index (κ3) is 5.53. The fourth-order valence-corrected chi connectivity index (χ4v) is 2.71. The highest BCUT2D eigenvalue weighted by Crippen LogP contribution is 2.13. The van der Waals surface area contributed by atoms with Crippen molar-refractivity contribution in [2.75, 3.05) is 13.1 Å². The van der Waals surface area contributed by atoms with Crippen LogP contribution in [0.3, 0.4) is 0 Å². The molecule has 1 atom stereocenters. The summed E-state index contributed by atoms with van der Waals surface area (Å²) in [5, 5.41) is 3.22. The van der Waals surface area contributed by atoms with Crippen LogP contribution >= 0.6 is 12.4 Å². The predicted octanol–water partition coefficient (Wildman–Crippen LogP) is 1.50. The maximum absolute atomic E-state index is 11.7. The van der Waals surface area contributed by atoms with Crippen molar-refractivity contribution in [1.29, 1.82) is 0 Å². The molecule has 0 aromatic heterocycles. The maximum atomic E-state index is 11.7. The Morgan fingerprint density at radius 1 is 1.43 bits per heavy atom. The number of carbonyl (C=O) groups is 1. The van der Waals surface area contributed by atoms with Crippen LogP contribution in [0.25, 0.3) is 0 Å². The Balaban J connectivity index is 0.00000220. The second-order valence-electron chi connectivity index (χ2n) is 6.02. The number of guanidine groups is 2. The number of aliphatic imine (C=N–C) groups is 2. The van der Waals surface area contributed by atoms with E-state index in [2.05, 4.69) is 34.0 Å². The topological polar surface area (TPSA) is 83.1 Å². The van der Waals surface area contributed by atoms with Crippen LogP contribution in [0.15, 0.2) is 9.98 Å². The number of nitrogens with zero attached hydrogens (tertiary/aromatic N) is 3. The second kappa shape index (κ2) is 8.22. The van der Waals surface area contributed by atoms with Crippen LogP contribution in [0.1, 0.15) is 46.0 Å². The van der Waals surface area contributed by atoms with Crippen LogP contribution in [-0.4, -0.2) is 41.9 Å². The molecule has 1 fully saturated rings. The molecule has 3 N–H and O–H groups in total. The number of hydrogen-bond donors (Lipinski definition) is 2. The Kier molecular flexibility index (Phi) is 6.95. The molecule has 6 nitrogen and oxygen atoms in total. The molecule has 0 aromatic carbocycles. The lowest BCUT2D eigenvalue weighted by Gasteiger charge is -2.28. The molecule has 0 aliphatic carbocycles. The zero-order chi connectivity index (χ0) is 14.5. The van der Waals surface area contributed by atoms with Crippen molar-refractivity contribution >= 4 is 30.2 Å². The number of halogens is 1. The highest BCUT2D eigenvalue weighted by molar-refractivity contribution is 6.01. The summed E-state index contributed by atoms with van der Waals surface area (Å²) in [6.45, 7) is 6.16. The average Bonchev–Trinajstić information content (AvgIpc) is 2.38. The molecule has 120 valence electrons. The van der Waals surface area contributed by atoms with E-state index in [1.165, 1.54) is 6.42 Å². The highest BCUT2D eigenvalue weighted by atomic mass is 35.5. The van der Waals surface area contributed by atoms with Crippen LogP contribution in [0.5, 0.6) is 0 Å². The Bertz CT molecular complexity index is 416. The first kappa shape index (κ1) is 17.8. The summed E-state index contributed by atoms with van der Waals surface area (Å²) in [6, 6.07) is 0.118. The first-order chi connectivity index (χ1) is 9.54. The van der Waals surface area contributed by atoms with Gasteiger partial charge in [0, 0.05) is 25.6 Å². The quantitative estimate of drug-likeness (QED) is 0.597. The van der Waals surface area contributed by atoms with Gasteiger partial charge in [-0.1, -0.05) is 13.8 Å². The van der Waals surface area contributed by atoms with Gasteiger partial charge < -0.3 is 16.0 Å². The van der Waals surface area contributed by atoms with Crippen LogP contribution in [0.4, 0.5) is 0 Å². The Morgan fingerprint density at radius 2 is 2.10 bits per heavy atom. The zero-order valence-corrected chi connectivity index (χ0v) is 13.7. The molecule has 7 heteroatoms. The van der Waals surface area contributed by atoms with E-state index in [0.717, 1.165) is 32.4 Å². The Morgan fingerprint density at radius 3 is 2.71 bits per heavy atom. The van der Waals surface area contributed by atoms with E-state index in [1.54, 1.807) is 0 Å². The van der Waals surface area contributed by atoms with Crippen LogP contribution in [-0.2, 0) is 4.79 Å². The van der Waals surface area contributed by atoms with E-state index >= 15 is 0 Å². The van der Waals surface area contributed by atoms with Gasteiger partial charge in [0.05, 0.1) is 0 Å². The van der Waals surface area contributed by atoms with Crippen molar-refractivity contribution < 1.29 is 4.79 Å². The van der Waals surface area contributed by atoms with Gasteiger partial charge in [0.25, 0.3) is 5.91 Å². The highest BCUT2D eigenvalue weighted by Gasteiger charge is 2.22. The van der Waals surface area contributed by atoms with Gasteiger partial charge >= 0.3 is 0 Å². The molecular formula is C14H26ClN5O. The Hall–Kier alpha value is -1.30. The molecule has 2 rings (SSSR count). The number of amides is 1. The summed E-state index contributed by atoms with van der Waals surface area (Å²) in [6.07, 6.45) is 4.92. The van der Waals surface area contributed by atoms with E-state index in [-0.39, 0.29) is 24.4 Å². The third-order valence-electron chi connectivity index (χ3n) is 3.64. The lowest BCUT2D eigenvalue weighted by molar-refractivity contribution is -0.118. The van der Waals surface area contributed by atoms with Crippen LogP contribution in [0.2, 0.25) is 0 Å². The van der Waals surface area contributed by atoms with Gasteiger partial charge in [0.15, 0.2) is 5.96 Å². The smallest absolute Gasteiger partial charge is 0.251 e. The van der Waals surface area contributed by atoms with E-state index in [0.29, 0.717) is 24.3 Å². The summed E-state index contributed by atoms with van der Waals surface area (Å²) < 4.78 is 0. The first-order valence-electron chi connectivity index (χ1n) is 7.51. The molecule has 2 heterocycles. The number of rotatable bonds is 2. The molecule has 1 amide bonds. The molecule has 0 spiro atoms. The molecule has 21 heavy (non-hydrogen) atoms. The molecule has 0 saturated carbocycles. The SMILES string of the molecule is CC(C)CC1CC(=O)N=C(N=C(N)N2CCCCC2)N1.Cl. The number of likely N-dealkylation sites (tertiary alicyclic amines) is 1. The van der Waals surface area contributed by atoms with Crippen LogP contribution < -0.4 is 11.1 Å². The molecule has 1 unspecified atom stereocenters. The van der Waals surface area contributed by atoms with Gasteiger partial charge in [0.2, 0.25) is 5.96 Å². The minimum absolute atomic E-state index is 0. The standard InChI is InChI=1S/C14H25N5O.ClH/c1-10(2)8-11-9-12(20)17-14(16-11)18-13(15)19-6-4-3-5-7-19;/h10-11H,3-9H2,1-2H3,(H3,15,16,17,18,20);1H. The summed E-state index contributed by atoms with van der Waals surface area (Å²) >= 11 is 0. The molecule has 2 aliphatic heterocycles. The zero-order valence-electron chi connectivity index (χ0n) is 12.8. The van der Waals surface area contributed by atoms with Gasteiger partial charge in [-0.25, -0.2) is 0 Å². The van der Waals surface area contributed by atoms with Gasteiger partial charge in [0.1, 0.15) is 0 Å².